The lowest BCUT2D eigenvalue weighted by atomic mass is 10.1. The molecule has 0 bridgehead atoms. The molecule has 2 N–H and O–H groups in total. The van der Waals surface area contributed by atoms with Crippen molar-refractivity contribution >= 4 is 49.0 Å². The highest BCUT2D eigenvalue weighted by Gasteiger charge is 2.20. The molecule has 12 heteroatoms. The van der Waals surface area contributed by atoms with Gasteiger partial charge in [0.15, 0.2) is 0 Å². The van der Waals surface area contributed by atoms with E-state index in [4.69, 9.17) is 0 Å². The third kappa shape index (κ3) is 4.13. The van der Waals surface area contributed by atoms with Crippen LogP contribution in [0.3, 0.4) is 0 Å². The quantitative estimate of drug-likeness (QED) is 0.391. The van der Waals surface area contributed by atoms with Crippen molar-refractivity contribution in [3.63, 3.8) is 0 Å². The fraction of sp³-hybridized carbons (Fsp3) is 0.0500. The van der Waals surface area contributed by atoms with Crippen molar-refractivity contribution in [1.82, 2.24) is 29.9 Å². The molecule has 10 nitrogen and oxygen atoms in total. The second-order valence-electron chi connectivity index (χ2n) is 6.83. The van der Waals surface area contributed by atoms with Crippen LogP contribution < -0.4 is 10.0 Å². The zero-order valence-corrected chi connectivity index (χ0v) is 18.3. The zero-order chi connectivity index (χ0) is 22.1. The van der Waals surface area contributed by atoms with Gasteiger partial charge in [0.2, 0.25) is 5.13 Å². The maximum Gasteiger partial charge on any atom is 0.291 e. The molecule has 0 aliphatic carbocycles. The summed E-state index contributed by atoms with van der Waals surface area (Å²) in [6, 6.07) is 14.1. The number of para-hydroxylation sites is 1. The number of nitrogens with zero attached hydrogens (tertiary/aromatic N) is 6. The molecule has 4 heterocycles. The summed E-state index contributed by atoms with van der Waals surface area (Å²) in [6.07, 6.45) is 5.44. The van der Waals surface area contributed by atoms with Crippen LogP contribution in [0.5, 0.6) is 0 Å². The van der Waals surface area contributed by atoms with E-state index in [0.29, 0.717) is 22.2 Å². The normalized spacial score (nSPS) is 11.5. The number of sulfonamides is 1. The summed E-state index contributed by atoms with van der Waals surface area (Å²) >= 11 is 0.912. The molecule has 0 fully saturated rings. The number of nitrogens with one attached hydrogen (secondary N) is 2. The van der Waals surface area contributed by atoms with Gasteiger partial charge in [-0.1, -0.05) is 29.5 Å². The molecule has 0 atom stereocenters. The smallest absolute Gasteiger partial charge is 0.291 e. The average molecular weight is 465 g/mol. The van der Waals surface area contributed by atoms with E-state index < -0.39 is 10.0 Å². The number of benzene rings is 1. The highest BCUT2D eigenvalue weighted by Crippen LogP contribution is 2.26. The van der Waals surface area contributed by atoms with Gasteiger partial charge in [-0.3, -0.25) is 14.4 Å². The predicted molar refractivity (Wildman–Crippen MR) is 122 cm³/mol. The molecule has 0 aliphatic rings. The molecule has 160 valence electrons. The summed E-state index contributed by atoms with van der Waals surface area (Å²) in [5.74, 6) is 0.499. The zero-order valence-electron chi connectivity index (χ0n) is 16.7. The third-order valence-electron chi connectivity index (χ3n) is 4.47. The van der Waals surface area contributed by atoms with Gasteiger partial charge in [0.1, 0.15) is 5.82 Å². The third-order valence-corrected chi connectivity index (χ3v) is 7.06. The van der Waals surface area contributed by atoms with Crippen LogP contribution in [0.15, 0.2) is 71.5 Å². The summed E-state index contributed by atoms with van der Waals surface area (Å²) in [6.45, 7) is 0. The van der Waals surface area contributed by atoms with Crippen molar-refractivity contribution in [2.75, 3.05) is 10.0 Å². The largest absolute Gasteiger partial charge is 0.315 e. The Morgan fingerprint density at radius 3 is 2.59 bits per heavy atom. The van der Waals surface area contributed by atoms with Crippen molar-refractivity contribution in [2.24, 2.45) is 7.05 Å². The highest BCUT2D eigenvalue weighted by molar-refractivity contribution is 7.94. The van der Waals surface area contributed by atoms with E-state index in [2.05, 4.69) is 35.3 Å². The lowest BCUT2D eigenvalue weighted by molar-refractivity contribution is 0.599. The fourth-order valence-corrected chi connectivity index (χ4v) is 4.95. The van der Waals surface area contributed by atoms with Crippen LogP contribution in [0.1, 0.15) is 0 Å². The number of hydrogen-bond donors (Lipinski definition) is 2. The Hall–Kier alpha value is -3.90. The molecule has 5 rings (SSSR count). The number of anilines is 3. The van der Waals surface area contributed by atoms with Gasteiger partial charge in [-0.15, -0.1) is 10.2 Å². The Balaban J connectivity index is 1.38. The van der Waals surface area contributed by atoms with E-state index in [1.807, 2.05) is 25.4 Å². The lowest BCUT2D eigenvalue weighted by Gasteiger charge is -2.05. The minimum absolute atomic E-state index is 0.148. The number of pyridine rings is 2. The molecule has 0 saturated heterocycles. The monoisotopic (exact) mass is 464 g/mol. The van der Waals surface area contributed by atoms with E-state index in [1.54, 1.807) is 53.5 Å². The van der Waals surface area contributed by atoms with Crippen LogP contribution in [0.25, 0.3) is 22.2 Å². The Bertz CT molecular complexity index is 1510. The lowest BCUT2D eigenvalue weighted by Crippen LogP contribution is -2.12. The van der Waals surface area contributed by atoms with Crippen LogP contribution in [-0.4, -0.2) is 38.4 Å². The number of fused-ring (bicyclic) bond motifs is 1. The molecular formula is C20H16N8O2S2. The molecule has 5 aromatic rings. The van der Waals surface area contributed by atoms with Crippen LogP contribution in [0.4, 0.5) is 16.6 Å². The Kier molecular flexibility index (Phi) is 4.99. The molecule has 4 aromatic heterocycles. The van der Waals surface area contributed by atoms with Gasteiger partial charge in [-0.25, -0.2) is 4.98 Å². The maximum atomic E-state index is 12.6. The van der Waals surface area contributed by atoms with Crippen LogP contribution in [0.2, 0.25) is 0 Å². The Morgan fingerprint density at radius 2 is 1.81 bits per heavy atom. The molecule has 0 radical (unpaired) electrons. The SMILES string of the molecule is Cn1cc(-c2cnc3ccc(Nc4nnc(S(=O)(=O)Nc5ccccc5)s4)nc3c2)cn1. The standard InChI is InChI=1S/C20H16N8O2S2/c1-28-12-14(11-22-28)13-9-17-16(21-10-13)7-8-18(23-17)24-19-25-26-20(31-19)32(29,30)27-15-5-3-2-4-6-15/h2-12,27H,1H3,(H,23,24,25). The van der Waals surface area contributed by atoms with Gasteiger partial charge in [0.25, 0.3) is 14.4 Å². The summed E-state index contributed by atoms with van der Waals surface area (Å²) in [5, 5.41) is 15.2. The highest BCUT2D eigenvalue weighted by atomic mass is 32.2. The van der Waals surface area contributed by atoms with Gasteiger partial charge in [-0.2, -0.15) is 13.5 Å². The van der Waals surface area contributed by atoms with Gasteiger partial charge in [0, 0.05) is 36.3 Å². The van der Waals surface area contributed by atoms with E-state index >= 15 is 0 Å². The summed E-state index contributed by atoms with van der Waals surface area (Å²) in [5.41, 5.74) is 3.69. The average Bonchev–Trinajstić information content (AvgIpc) is 3.43. The van der Waals surface area contributed by atoms with Gasteiger partial charge in [0.05, 0.1) is 17.2 Å². The molecule has 32 heavy (non-hydrogen) atoms. The van der Waals surface area contributed by atoms with Crippen LogP contribution >= 0.6 is 11.3 Å². The van der Waals surface area contributed by atoms with Gasteiger partial charge >= 0.3 is 0 Å². The number of aromatic nitrogens is 6. The summed E-state index contributed by atoms with van der Waals surface area (Å²) < 4.78 is 29.2. The molecule has 0 unspecified atom stereocenters. The predicted octanol–water partition coefficient (Wildman–Crippen LogP) is 3.43. The molecule has 0 aliphatic heterocycles. The molecule has 0 saturated carbocycles. The maximum absolute atomic E-state index is 12.6. The summed E-state index contributed by atoms with van der Waals surface area (Å²) in [7, 11) is -1.99. The van der Waals surface area contributed by atoms with Crippen molar-refractivity contribution in [3.05, 3.63) is 67.1 Å². The number of hydrogen-bond acceptors (Lipinski definition) is 9. The van der Waals surface area contributed by atoms with Crippen molar-refractivity contribution < 1.29 is 8.42 Å². The first-order valence-electron chi connectivity index (χ1n) is 9.40. The van der Waals surface area contributed by atoms with E-state index in [1.165, 1.54) is 0 Å². The minimum atomic E-state index is -3.84. The number of rotatable bonds is 6. The first-order chi connectivity index (χ1) is 15.5. The molecular weight excluding hydrogens is 448 g/mol. The fourth-order valence-electron chi connectivity index (χ4n) is 2.99. The van der Waals surface area contributed by atoms with Crippen molar-refractivity contribution in [2.45, 2.75) is 4.34 Å². The first-order valence-corrected chi connectivity index (χ1v) is 11.7. The van der Waals surface area contributed by atoms with Crippen LogP contribution in [-0.2, 0) is 17.1 Å². The Labute approximate surface area is 187 Å². The molecule has 0 spiro atoms. The van der Waals surface area contributed by atoms with E-state index in [9.17, 15) is 8.42 Å². The summed E-state index contributed by atoms with van der Waals surface area (Å²) in [4.78, 5) is 9.03. The minimum Gasteiger partial charge on any atom is -0.315 e. The van der Waals surface area contributed by atoms with E-state index in [-0.39, 0.29) is 4.34 Å². The first kappa shape index (κ1) is 20.0. The van der Waals surface area contributed by atoms with Gasteiger partial charge < -0.3 is 5.32 Å². The molecule has 1 aromatic carbocycles. The second kappa shape index (κ2) is 7.98. The Morgan fingerprint density at radius 1 is 0.969 bits per heavy atom. The number of aryl methyl sites for hydroxylation is 1. The second-order valence-corrected chi connectivity index (χ2v) is 9.66. The molecule has 0 amide bonds. The van der Waals surface area contributed by atoms with Crippen LogP contribution in [0, 0.1) is 0 Å². The van der Waals surface area contributed by atoms with Gasteiger partial charge in [-0.05, 0) is 30.3 Å². The van der Waals surface area contributed by atoms with Crippen molar-refractivity contribution in [3.8, 4) is 11.1 Å². The van der Waals surface area contributed by atoms with Crippen molar-refractivity contribution in [1.29, 1.82) is 0 Å². The van der Waals surface area contributed by atoms with E-state index in [0.717, 1.165) is 28.0 Å². The topological polar surface area (TPSA) is 128 Å².